The van der Waals surface area contributed by atoms with Crippen LogP contribution in [0.1, 0.15) is 11.1 Å². The Labute approximate surface area is 172 Å². The number of benzene rings is 2. The van der Waals surface area contributed by atoms with E-state index < -0.39 is 11.8 Å². The van der Waals surface area contributed by atoms with Crippen molar-refractivity contribution in [2.75, 3.05) is 20.8 Å². The number of para-hydroxylation sites is 1. The molecule has 29 heavy (non-hydrogen) atoms. The minimum atomic E-state index is -0.839. The molecule has 1 fully saturated rings. The van der Waals surface area contributed by atoms with Crippen LogP contribution >= 0.6 is 12.2 Å². The highest BCUT2D eigenvalue weighted by atomic mass is 32.1. The highest BCUT2D eigenvalue weighted by Crippen LogP contribution is 2.28. The fourth-order valence-corrected chi connectivity index (χ4v) is 3.09. The van der Waals surface area contributed by atoms with E-state index in [9.17, 15) is 14.7 Å². The molecule has 0 radical (unpaired) electrons. The van der Waals surface area contributed by atoms with Crippen molar-refractivity contribution in [3.05, 3.63) is 53.6 Å². The van der Waals surface area contributed by atoms with Gasteiger partial charge in [0.25, 0.3) is 0 Å². The molecule has 1 saturated heterocycles. The summed E-state index contributed by atoms with van der Waals surface area (Å²) in [7, 11) is 3.09. The van der Waals surface area contributed by atoms with Gasteiger partial charge in [-0.1, -0.05) is 18.2 Å². The summed E-state index contributed by atoms with van der Waals surface area (Å²) >= 11 is 5.26. The van der Waals surface area contributed by atoms with Gasteiger partial charge in [-0.05, 0) is 48.5 Å². The molecule has 0 aromatic heterocycles. The lowest BCUT2D eigenvalue weighted by Gasteiger charge is -2.16. The second kappa shape index (κ2) is 8.70. The van der Waals surface area contributed by atoms with Gasteiger partial charge >= 0.3 is 11.8 Å². The summed E-state index contributed by atoms with van der Waals surface area (Å²) in [5.74, 6) is -0.404. The Bertz CT molecular complexity index is 992. The number of phenolic OH excluding ortho intramolecular Hbond substituents is 1. The zero-order valence-electron chi connectivity index (χ0n) is 15.9. The standard InChI is InChI=1S/C20H19N3O5S/c1-27-16-8-7-13(11-17(16)28-2)9-10-22-18(25)19(26)23(20(22)29)21-12-14-5-3-4-6-15(14)24/h3-8,11-12,24H,9-10H2,1-2H3/b21-12+. The molecule has 2 aromatic carbocycles. The highest BCUT2D eigenvalue weighted by molar-refractivity contribution is 7.80. The van der Waals surface area contributed by atoms with Crippen molar-refractivity contribution in [3.8, 4) is 17.2 Å². The lowest BCUT2D eigenvalue weighted by atomic mass is 10.1. The molecule has 0 atom stereocenters. The summed E-state index contributed by atoms with van der Waals surface area (Å²) in [5.41, 5.74) is 1.29. The van der Waals surface area contributed by atoms with Gasteiger partial charge in [0.15, 0.2) is 11.5 Å². The second-order valence-electron chi connectivity index (χ2n) is 6.10. The number of hydrogen-bond acceptors (Lipinski definition) is 7. The number of rotatable bonds is 7. The zero-order valence-corrected chi connectivity index (χ0v) is 16.7. The molecule has 0 aliphatic carbocycles. The Morgan fingerprint density at radius 3 is 2.48 bits per heavy atom. The summed E-state index contributed by atoms with van der Waals surface area (Å²) in [6.45, 7) is 0.210. The van der Waals surface area contributed by atoms with Crippen LogP contribution in [-0.4, -0.2) is 58.9 Å². The van der Waals surface area contributed by atoms with Crippen LogP contribution in [0.2, 0.25) is 0 Å². The number of nitrogens with zero attached hydrogens (tertiary/aromatic N) is 3. The van der Waals surface area contributed by atoms with Crippen molar-refractivity contribution < 1.29 is 24.2 Å². The van der Waals surface area contributed by atoms with Gasteiger partial charge in [-0.15, -0.1) is 0 Å². The minimum Gasteiger partial charge on any atom is -0.507 e. The Balaban J connectivity index is 1.71. The van der Waals surface area contributed by atoms with E-state index in [2.05, 4.69) is 5.10 Å². The van der Waals surface area contributed by atoms with Crippen LogP contribution in [0.4, 0.5) is 0 Å². The molecule has 1 aliphatic rings. The smallest absolute Gasteiger partial charge is 0.339 e. The van der Waals surface area contributed by atoms with E-state index in [4.69, 9.17) is 21.7 Å². The van der Waals surface area contributed by atoms with Crippen LogP contribution in [0.25, 0.3) is 0 Å². The molecule has 150 valence electrons. The van der Waals surface area contributed by atoms with Crippen molar-refractivity contribution in [1.82, 2.24) is 9.91 Å². The summed E-state index contributed by atoms with van der Waals surface area (Å²) in [6, 6.07) is 11.9. The highest BCUT2D eigenvalue weighted by Gasteiger charge is 2.41. The monoisotopic (exact) mass is 413 g/mol. The molecule has 0 bridgehead atoms. The fourth-order valence-electron chi connectivity index (χ4n) is 2.79. The maximum atomic E-state index is 12.3. The number of ether oxygens (including phenoxy) is 2. The summed E-state index contributed by atoms with van der Waals surface area (Å²) in [4.78, 5) is 25.8. The van der Waals surface area contributed by atoms with Crippen LogP contribution < -0.4 is 9.47 Å². The molecule has 8 nitrogen and oxygen atoms in total. The molecular weight excluding hydrogens is 394 g/mol. The first-order chi connectivity index (χ1) is 14.0. The van der Waals surface area contributed by atoms with Crippen molar-refractivity contribution >= 4 is 35.4 Å². The number of amides is 2. The van der Waals surface area contributed by atoms with E-state index in [-0.39, 0.29) is 17.4 Å². The summed E-state index contributed by atoms with van der Waals surface area (Å²) in [5, 5.41) is 14.6. The van der Waals surface area contributed by atoms with Crippen LogP contribution in [-0.2, 0) is 16.0 Å². The Morgan fingerprint density at radius 2 is 1.79 bits per heavy atom. The quantitative estimate of drug-likeness (QED) is 0.424. The number of thiocarbonyl (C=S) groups is 1. The largest absolute Gasteiger partial charge is 0.507 e. The average Bonchev–Trinajstić information content (AvgIpc) is 2.94. The molecule has 1 aliphatic heterocycles. The maximum Gasteiger partial charge on any atom is 0.339 e. The SMILES string of the molecule is COc1ccc(CCN2C(=O)C(=O)N(/N=C/c3ccccc3O)C2=S)cc1OC. The molecule has 3 rings (SSSR count). The zero-order chi connectivity index (χ0) is 21.0. The Kier molecular flexibility index (Phi) is 6.08. The average molecular weight is 413 g/mol. The van der Waals surface area contributed by atoms with Gasteiger partial charge in [-0.3, -0.25) is 14.5 Å². The molecule has 9 heteroatoms. The van der Waals surface area contributed by atoms with Gasteiger partial charge in [0.05, 0.1) is 20.4 Å². The van der Waals surface area contributed by atoms with Crippen LogP contribution in [0.15, 0.2) is 47.6 Å². The Hall–Kier alpha value is -3.46. The van der Waals surface area contributed by atoms with Gasteiger partial charge in [0, 0.05) is 12.1 Å². The lowest BCUT2D eigenvalue weighted by Crippen LogP contribution is -2.33. The van der Waals surface area contributed by atoms with Crippen molar-refractivity contribution in [2.24, 2.45) is 5.10 Å². The van der Waals surface area contributed by atoms with Crippen LogP contribution in [0, 0.1) is 0 Å². The molecule has 0 unspecified atom stereocenters. The first kappa shape index (κ1) is 20.3. The second-order valence-corrected chi connectivity index (χ2v) is 6.46. The molecule has 0 saturated carbocycles. The van der Waals surface area contributed by atoms with E-state index >= 15 is 0 Å². The predicted octanol–water partition coefficient (Wildman–Crippen LogP) is 1.94. The lowest BCUT2D eigenvalue weighted by molar-refractivity contribution is -0.143. The molecular formula is C20H19N3O5S. The van der Waals surface area contributed by atoms with Gasteiger partial charge < -0.3 is 14.6 Å². The van der Waals surface area contributed by atoms with Gasteiger partial charge in [-0.2, -0.15) is 10.1 Å². The van der Waals surface area contributed by atoms with Crippen LogP contribution in [0.5, 0.6) is 17.2 Å². The fraction of sp³-hybridized carbons (Fsp3) is 0.200. The van der Waals surface area contributed by atoms with E-state index in [0.717, 1.165) is 10.6 Å². The number of hydrogen-bond donors (Lipinski definition) is 1. The van der Waals surface area contributed by atoms with Gasteiger partial charge in [-0.25, -0.2) is 0 Å². The molecule has 2 amide bonds. The van der Waals surface area contributed by atoms with E-state index in [1.54, 1.807) is 44.6 Å². The molecule has 1 heterocycles. The van der Waals surface area contributed by atoms with Crippen molar-refractivity contribution in [3.63, 3.8) is 0 Å². The predicted molar refractivity (Wildman–Crippen MR) is 110 cm³/mol. The van der Waals surface area contributed by atoms with Crippen molar-refractivity contribution in [2.45, 2.75) is 6.42 Å². The first-order valence-electron chi connectivity index (χ1n) is 8.69. The molecule has 2 aromatic rings. The van der Waals surface area contributed by atoms with Gasteiger partial charge in [0.1, 0.15) is 5.75 Å². The van der Waals surface area contributed by atoms with Crippen LogP contribution in [0.3, 0.4) is 0 Å². The number of hydrazone groups is 1. The normalized spacial score (nSPS) is 14.2. The van der Waals surface area contributed by atoms with E-state index in [1.165, 1.54) is 17.2 Å². The van der Waals surface area contributed by atoms with Crippen molar-refractivity contribution in [1.29, 1.82) is 0 Å². The number of carbonyl (C=O) groups excluding carboxylic acids is 2. The molecule has 1 N–H and O–H groups in total. The third kappa shape index (κ3) is 4.19. The number of methoxy groups -OCH3 is 2. The summed E-state index contributed by atoms with van der Waals surface area (Å²) < 4.78 is 10.5. The minimum absolute atomic E-state index is 0.00505. The summed E-state index contributed by atoms with van der Waals surface area (Å²) in [6.07, 6.45) is 1.74. The van der Waals surface area contributed by atoms with Gasteiger partial charge in [0.2, 0.25) is 5.11 Å². The maximum absolute atomic E-state index is 12.3. The third-order valence-electron chi connectivity index (χ3n) is 4.35. The topological polar surface area (TPSA) is 91.7 Å². The first-order valence-corrected chi connectivity index (χ1v) is 9.10. The van der Waals surface area contributed by atoms with E-state index in [0.29, 0.717) is 23.5 Å². The number of aromatic hydroxyl groups is 1. The molecule has 0 spiro atoms. The third-order valence-corrected chi connectivity index (χ3v) is 4.75. The Morgan fingerprint density at radius 1 is 1.07 bits per heavy atom. The number of phenols is 1. The van der Waals surface area contributed by atoms with E-state index in [1.807, 2.05) is 6.07 Å². The number of carbonyl (C=O) groups is 2.